The standard InChI is InChI=1S/C13H15N5O3S/c1-22(20,21)17-5-3-8(7-17)18-11-9-2-4-14-12(9)15-6-10(11)16-13(18)19/h2,4,6,8H,3,5,7H2,1H3,(H,14,15)(H,16,19)/t8-/m0/s1. The molecular formula is C13H15N5O3S. The van der Waals surface area contributed by atoms with Crippen molar-refractivity contribution in [1.29, 1.82) is 0 Å². The number of rotatable bonds is 2. The van der Waals surface area contributed by atoms with Crippen LogP contribution in [0.25, 0.3) is 22.1 Å². The Labute approximate surface area is 125 Å². The van der Waals surface area contributed by atoms with Gasteiger partial charge in [-0.05, 0) is 12.5 Å². The first-order valence-electron chi connectivity index (χ1n) is 6.96. The van der Waals surface area contributed by atoms with Crippen LogP contribution in [0.2, 0.25) is 0 Å². The number of H-pyrrole nitrogens is 2. The third-order valence-corrected chi connectivity index (χ3v) is 5.49. The topological polar surface area (TPSA) is 104 Å². The average molecular weight is 321 g/mol. The van der Waals surface area contributed by atoms with Gasteiger partial charge in [0.25, 0.3) is 0 Å². The van der Waals surface area contributed by atoms with Crippen LogP contribution in [0.5, 0.6) is 0 Å². The molecule has 1 saturated heterocycles. The Kier molecular flexibility index (Phi) is 2.73. The van der Waals surface area contributed by atoms with Gasteiger partial charge in [-0.25, -0.2) is 22.5 Å². The lowest BCUT2D eigenvalue weighted by Crippen LogP contribution is -2.30. The van der Waals surface area contributed by atoms with Crippen molar-refractivity contribution >= 4 is 32.1 Å². The van der Waals surface area contributed by atoms with Crippen LogP contribution in [0, 0.1) is 0 Å². The van der Waals surface area contributed by atoms with Gasteiger partial charge in [-0.15, -0.1) is 0 Å². The minimum atomic E-state index is -3.24. The van der Waals surface area contributed by atoms with Crippen LogP contribution in [0.4, 0.5) is 0 Å². The van der Waals surface area contributed by atoms with E-state index in [2.05, 4.69) is 15.0 Å². The molecule has 0 aliphatic carbocycles. The Hall–Kier alpha value is -2.13. The molecule has 3 aromatic rings. The van der Waals surface area contributed by atoms with Crippen molar-refractivity contribution in [3.8, 4) is 0 Å². The van der Waals surface area contributed by atoms with Crippen molar-refractivity contribution < 1.29 is 8.42 Å². The van der Waals surface area contributed by atoms with E-state index in [1.807, 2.05) is 6.07 Å². The lowest BCUT2D eigenvalue weighted by atomic mass is 10.2. The summed E-state index contributed by atoms with van der Waals surface area (Å²) in [5.74, 6) is 0. The fourth-order valence-electron chi connectivity index (χ4n) is 3.19. The zero-order valence-electron chi connectivity index (χ0n) is 11.9. The largest absolute Gasteiger partial charge is 0.346 e. The molecular weight excluding hydrogens is 306 g/mol. The lowest BCUT2D eigenvalue weighted by Gasteiger charge is -2.14. The number of sulfonamides is 1. The van der Waals surface area contributed by atoms with Crippen molar-refractivity contribution in [2.24, 2.45) is 0 Å². The lowest BCUT2D eigenvalue weighted by molar-refractivity contribution is 0.456. The van der Waals surface area contributed by atoms with Crippen molar-refractivity contribution in [3.63, 3.8) is 0 Å². The summed E-state index contributed by atoms with van der Waals surface area (Å²) < 4.78 is 26.4. The maximum absolute atomic E-state index is 12.3. The maximum atomic E-state index is 12.3. The summed E-state index contributed by atoms with van der Waals surface area (Å²) in [6.45, 7) is 0.754. The summed E-state index contributed by atoms with van der Waals surface area (Å²) in [7, 11) is -3.24. The summed E-state index contributed by atoms with van der Waals surface area (Å²) in [6, 6.07) is 1.70. The third kappa shape index (κ3) is 1.89. The second-order valence-electron chi connectivity index (χ2n) is 5.62. The second-order valence-corrected chi connectivity index (χ2v) is 7.61. The van der Waals surface area contributed by atoms with E-state index < -0.39 is 10.0 Å². The molecule has 2 N–H and O–H groups in total. The van der Waals surface area contributed by atoms with Crippen molar-refractivity contribution in [2.75, 3.05) is 19.3 Å². The molecule has 22 heavy (non-hydrogen) atoms. The Morgan fingerprint density at radius 2 is 2.23 bits per heavy atom. The van der Waals surface area contributed by atoms with Gasteiger partial charge in [-0.1, -0.05) is 0 Å². The number of nitrogens with one attached hydrogen (secondary N) is 2. The van der Waals surface area contributed by atoms with E-state index in [1.165, 1.54) is 10.6 Å². The van der Waals surface area contributed by atoms with Crippen molar-refractivity contribution in [2.45, 2.75) is 12.5 Å². The van der Waals surface area contributed by atoms with Crippen LogP contribution in [0.15, 0.2) is 23.3 Å². The van der Waals surface area contributed by atoms with E-state index in [4.69, 9.17) is 0 Å². The number of aromatic nitrogens is 4. The van der Waals surface area contributed by atoms with Crippen molar-refractivity contribution in [1.82, 2.24) is 23.8 Å². The molecule has 1 aliphatic heterocycles. The molecule has 1 fully saturated rings. The SMILES string of the molecule is CS(=O)(=O)N1CC[C@H](n2c(=O)[nH]c3cnc4[nH]ccc4c32)C1. The zero-order valence-corrected chi connectivity index (χ0v) is 12.7. The molecule has 0 radical (unpaired) electrons. The fraction of sp³-hybridized carbons (Fsp3) is 0.385. The number of fused-ring (bicyclic) bond motifs is 3. The van der Waals surface area contributed by atoms with Crippen LogP contribution < -0.4 is 5.69 Å². The van der Waals surface area contributed by atoms with Crippen molar-refractivity contribution in [3.05, 3.63) is 28.9 Å². The molecule has 116 valence electrons. The highest BCUT2D eigenvalue weighted by Gasteiger charge is 2.31. The Bertz CT molecular complexity index is 1030. The molecule has 1 atom stereocenters. The Morgan fingerprint density at radius 1 is 1.41 bits per heavy atom. The van der Waals surface area contributed by atoms with Crippen LogP contribution in [0.3, 0.4) is 0 Å². The van der Waals surface area contributed by atoms with Gasteiger partial charge in [-0.3, -0.25) is 4.57 Å². The maximum Gasteiger partial charge on any atom is 0.326 e. The van der Waals surface area contributed by atoms with Crippen LogP contribution in [-0.2, 0) is 10.0 Å². The highest BCUT2D eigenvalue weighted by atomic mass is 32.2. The number of imidazole rings is 1. The molecule has 9 heteroatoms. The van der Waals surface area contributed by atoms with Gasteiger partial charge in [0.1, 0.15) is 5.65 Å². The van der Waals surface area contributed by atoms with E-state index in [0.29, 0.717) is 30.7 Å². The van der Waals surface area contributed by atoms with E-state index in [0.717, 1.165) is 10.9 Å². The summed E-state index contributed by atoms with van der Waals surface area (Å²) >= 11 is 0. The number of hydrogen-bond donors (Lipinski definition) is 2. The predicted molar refractivity (Wildman–Crippen MR) is 82.3 cm³/mol. The van der Waals surface area contributed by atoms with Crippen LogP contribution in [-0.4, -0.2) is 51.6 Å². The van der Waals surface area contributed by atoms with Gasteiger partial charge in [0.05, 0.1) is 29.5 Å². The summed E-state index contributed by atoms with van der Waals surface area (Å²) in [4.78, 5) is 22.4. The van der Waals surface area contributed by atoms with Gasteiger partial charge in [-0.2, -0.15) is 0 Å². The molecule has 0 saturated carbocycles. The normalized spacial score (nSPS) is 20.3. The first-order valence-corrected chi connectivity index (χ1v) is 8.81. The van der Waals surface area contributed by atoms with E-state index in [9.17, 15) is 13.2 Å². The molecule has 4 rings (SSSR count). The fourth-order valence-corrected chi connectivity index (χ4v) is 4.07. The minimum absolute atomic E-state index is 0.170. The average Bonchev–Trinajstić information content (AvgIpc) is 3.12. The molecule has 0 spiro atoms. The summed E-state index contributed by atoms with van der Waals surface area (Å²) in [6.07, 6.45) is 5.21. The predicted octanol–water partition coefficient (Wildman–Crippen LogP) is 0.412. The smallest absolute Gasteiger partial charge is 0.326 e. The first-order chi connectivity index (χ1) is 10.4. The summed E-state index contributed by atoms with van der Waals surface area (Å²) in [5.41, 5.74) is 1.91. The monoisotopic (exact) mass is 321 g/mol. The highest BCUT2D eigenvalue weighted by molar-refractivity contribution is 7.88. The number of hydrogen-bond acceptors (Lipinski definition) is 4. The van der Waals surface area contributed by atoms with E-state index >= 15 is 0 Å². The molecule has 4 heterocycles. The third-order valence-electron chi connectivity index (χ3n) is 4.22. The molecule has 0 amide bonds. The Morgan fingerprint density at radius 3 is 2.95 bits per heavy atom. The first kappa shape index (κ1) is 13.5. The molecule has 0 bridgehead atoms. The zero-order chi connectivity index (χ0) is 15.5. The van der Waals surface area contributed by atoms with Crippen LogP contribution in [0.1, 0.15) is 12.5 Å². The second kappa shape index (κ2) is 4.43. The van der Waals surface area contributed by atoms with Gasteiger partial charge in [0.15, 0.2) is 0 Å². The Balaban J connectivity index is 1.90. The van der Waals surface area contributed by atoms with Crippen LogP contribution >= 0.6 is 0 Å². The number of nitrogens with zero attached hydrogens (tertiary/aromatic N) is 3. The quantitative estimate of drug-likeness (QED) is 0.713. The van der Waals surface area contributed by atoms with E-state index in [1.54, 1.807) is 17.0 Å². The molecule has 8 nitrogen and oxygen atoms in total. The van der Waals surface area contributed by atoms with Gasteiger partial charge in [0.2, 0.25) is 10.0 Å². The van der Waals surface area contributed by atoms with E-state index in [-0.39, 0.29) is 11.7 Å². The highest BCUT2D eigenvalue weighted by Crippen LogP contribution is 2.28. The van der Waals surface area contributed by atoms with Gasteiger partial charge in [0, 0.05) is 24.7 Å². The molecule has 1 aliphatic rings. The number of pyridine rings is 1. The summed E-state index contributed by atoms with van der Waals surface area (Å²) in [5, 5.41) is 0.855. The molecule has 3 aromatic heterocycles. The molecule has 0 unspecified atom stereocenters. The van der Waals surface area contributed by atoms with Gasteiger partial charge < -0.3 is 9.97 Å². The number of aromatic amines is 2. The minimum Gasteiger partial charge on any atom is -0.346 e. The molecule has 0 aromatic carbocycles. The van der Waals surface area contributed by atoms with Gasteiger partial charge >= 0.3 is 5.69 Å².